The molecule has 0 unspecified atom stereocenters. The van der Waals surface area contributed by atoms with Crippen LogP contribution in [0, 0.1) is 0 Å². The molecule has 11 rings (SSSR count). The van der Waals surface area contributed by atoms with E-state index >= 15 is 0 Å². The first-order chi connectivity index (χ1) is 23.3. The maximum atomic E-state index is 6.80. The number of para-hydroxylation sites is 1. The number of thiophene rings is 3. The monoisotopic (exact) mass is 653 g/mol. The van der Waals surface area contributed by atoms with Gasteiger partial charge in [0.25, 0.3) is 0 Å². The van der Waals surface area contributed by atoms with E-state index in [0.717, 1.165) is 39.0 Å². The lowest BCUT2D eigenvalue weighted by atomic mass is 10.0. The molecule has 0 spiro atoms. The van der Waals surface area contributed by atoms with Gasteiger partial charge in [0.05, 0.1) is 11.1 Å². The number of furan rings is 1. The van der Waals surface area contributed by atoms with Crippen LogP contribution in [0.1, 0.15) is 0 Å². The van der Waals surface area contributed by atoms with Gasteiger partial charge in [-0.05, 0) is 54.6 Å². The summed E-state index contributed by atoms with van der Waals surface area (Å²) in [6.45, 7) is 0. The molecule has 5 heteroatoms. The molecule has 11 aromatic rings. The van der Waals surface area contributed by atoms with Crippen LogP contribution in [0.5, 0.6) is 0 Å². The van der Waals surface area contributed by atoms with E-state index in [-0.39, 0.29) is 0 Å². The van der Waals surface area contributed by atoms with Gasteiger partial charge in [-0.1, -0.05) is 84.9 Å². The van der Waals surface area contributed by atoms with E-state index in [1.807, 2.05) is 34.0 Å². The van der Waals surface area contributed by atoms with Gasteiger partial charge < -0.3 is 9.32 Å². The second kappa shape index (κ2) is 9.66. The van der Waals surface area contributed by atoms with Crippen LogP contribution in [-0.4, -0.2) is 0 Å². The van der Waals surface area contributed by atoms with Crippen molar-refractivity contribution in [2.24, 2.45) is 0 Å². The van der Waals surface area contributed by atoms with Gasteiger partial charge in [0.1, 0.15) is 11.2 Å². The Morgan fingerprint density at radius 2 is 0.872 bits per heavy atom. The highest BCUT2D eigenvalue weighted by atomic mass is 32.1. The molecule has 2 nitrogen and oxygen atoms in total. The minimum atomic E-state index is 0.909. The van der Waals surface area contributed by atoms with Gasteiger partial charge in [0, 0.05) is 77.3 Å². The summed E-state index contributed by atoms with van der Waals surface area (Å²) in [6.07, 6.45) is 0. The third-order valence-corrected chi connectivity index (χ3v) is 12.8. The van der Waals surface area contributed by atoms with E-state index in [2.05, 4.69) is 144 Å². The standard InChI is InChI=1S/C42H23NOS3/c1-5-13-33-30(11-1)40-32(23-39-41(42(40)44-33)31-12-4-8-16-36(31)47-39)43(24-17-19-28-26-9-2-6-14-34(26)45-37(28)21-24)25-18-20-29-27-10-3-7-15-35(27)46-38(29)22-25/h1-23H. The van der Waals surface area contributed by atoms with Gasteiger partial charge in [0.2, 0.25) is 0 Å². The average Bonchev–Trinajstić information content (AvgIpc) is 3.87. The van der Waals surface area contributed by atoms with Crippen LogP contribution in [0.15, 0.2) is 144 Å². The molecule has 0 aliphatic carbocycles. The zero-order valence-electron chi connectivity index (χ0n) is 24.9. The van der Waals surface area contributed by atoms with Gasteiger partial charge in [-0.3, -0.25) is 0 Å². The molecule has 0 radical (unpaired) electrons. The Kier molecular flexibility index (Phi) is 5.33. The van der Waals surface area contributed by atoms with Gasteiger partial charge >= 0.3 is 0 Å². The van der Waals surface area contributed by atoms with Gasteiger partial charge in [-0.25, -0.2) is 0 Å². The fourth-order valence-corrected chi connectivity index (χ4v) is 10.8. The summed E-state index contributed by atoms with van der Waals surface area (Å²) < 4.78 is 14.5. The smallest absolute Gasteiger partial charge is 0.146 e. The Hall–Kier alpha value is -5.20. The molecule has 0 amide bonds. The van der Waals surface area contributed by atoms with Gasteiger partial charge in [0.15, 0.2) is 0 Å². The minimum Gasteiger partial charge on any atom is -0.455 e. The summed E-state index contributed by atoms with van der Waals surface area (Å²) in [4.78, 5) is 2.46. The van der Waals surface area contributed by atoms with Crippen molar-refractivity contribution in [3.8, 4) is 0 Å². The summed E-state index contributed by atoms with van der Waals surface area (Å²) in [6, 6.07) is 51.0. The SMILES string of the molecule is c1ccc2c(c1)oc1c2c(N(c2ccc3c(c2)sc2ccccc23)c2ccc3c(c2)sc2ccccc23)cc2sc3ccccc3c21. The summed E-state index contributed by atoms with van der Waals surface area (Å²) >= 11 is 5.56. The molecule has 0 saturated heterocycles. The third kappa shape index (κ3) is 3.70. The summed E-state index contributed by atoms with van der Waals surface area (Å²) in [7, 11) is 0. The first kappa shape index (κ1) is 25.9. The molecule has 220 valence electrons. The predicted octanol–water partition coefficient (Wildman–Crippen LogP) is 14.2. The van der Waals surface area contributed by atoms with E-state index in [9.17, 15) is 0 Å². The molecule has 4 aromatic heterocycles. The third-order valence-electron chi connectivity index (χ3n) is 9.45. The zero-order valence-corrected chi connectivity index (χ0v) is 27.3. The molecule has 0 N–H and O–H groups in total. The molecule has 4 heterocycles. The van der Waals surface area contributed by atoms with Crippen LogP contribution < -0.4 is 4.90 Å². The molecule has 0 saturated carbocycles. The lowest BCUT2D eigenvalue weighted by molar-refractivity contribution is 0.673. The Balaban J connectivity index is 1.27. The molecule has 7 aromatic carbocycles. The normalized spacial score (nSPS) is 12.3. The maximum absolute atomic E-state index is 6.80. The molecular formula is C42H23NOS3. The number of nitrogens with zero attached hydrogens (tertiary/aromatic N) is 1. The van der Waals surface area contributed by atoms with Crippen molar-refractivity contribution in [3.05, 3.63) is 140 Å². The van der Waals surface area contributed by atoms with Crippen molar-refractivity contribution < 1.29 is 4.42 Å². The Morgan fingerprint density at radius 1 is 0.383 bits per heavy atom. The Bertz CT molecular complexity index is 2930. The first-order valence-electron chi connectivity index (χ1n) is 15.7. The van der Waals surface area contributed by atoms with Gasteiger partial charge in [-0.15, -0.1) is 34.0 Å². The van der Waals surface area contributed by atoms with E-state index in [4.69, 9.17) is 4.42 Å². The van der Waals surface area contributed by atoms with Crippen LogP contribution in [0.25, 0.3) is 82.5 Å². The molecule has 0 atom stereocenters. The van der Waals surface area contributed by atoms with Crippen LogP contribution in [0.2, 0.25) is 0 Å². The molecule has 0 fully saturated rings. The van der Waals surface area contributed by atoms with Crippen LogP contribution in [0.3, 0.4) is 0 Å². The second-order valence-electron chi connectivity index (χ2n) is 12.1. The van der Waals surface area contributed by atoms with Crippen molar-refractivity contribution in [3.63, 3.8) is 0 Å². The van der Waals surface area contributed by atoms with Crippen LogP contribution in [-0.2, 0) is 0 Å². The highest BCUT2D eigenvalue weighted by molar-refractivity contribution is 7.26. The van der Waals surface area contributed by atoms with Crippen molar-refractivity contribution in [2.45, 2.75) is 0 Å². The van der Waals surface area contributed by atoms with Crippen LogP contribution in [0.4, 0.5) is 17.1 Å². The van der Waals surface area contributed by atoms with Crippen LogP contribution >= 0.6 is 34.0 Å². The molecule has 0 bridgehead atoms. The number of anilines is 3. The molecule has 0 aliphatic rings. The fraction of sp³-hybridized carbons (Fsp3) is 0. The zero-order chi connectivity index (χ0) is 30.6. The largest absolute Gasteiger partial charge is 0.455 e. The Labute approximate surface area is 280 Å². The van der Waals surface area contributed by atoms with E-state index in [0.29, 0.717) is 0 Å². The van der Waals surface area contributed by atoms with Crippen molar-refractivity contribution in [1.29, 1.82) is 0 Å². The number of hydrogen-bond donors (Lipinski definition) is 0. The van der Waals surface area contributed by atoms with Gasteiger partial charge in [-0.2, -0.15) is 0 Å². The summed E-state index contributed by atoms with van der Waals surface area (Å²) in [5, 5.41) is 9.93. The summed E-state index contributed by atoms with van der Waals surface area (Å²) in [5.74, 6) is 0. The lowest BCUT2D eigenvalue weighted by Gasteiger charge is -2.26. The topological polar surface area (TPSA) is 16.4 Å². The number of benzene rings is 7. The van der Waals surface area contributed by atoms with E-state index in [1.165, 1.54) is 60.5 Å². The predicted molar refractivity (Wildman–Crippen MR) is 207 cm³/mol. The highest BCUT2D eigenvalue weighted by Crippen LogP contribution is 2.51. The van der Waals surface area contributed by atoms with E-state index < -0.39 is 0 Å². The molecular weight excluding hydrogens is 631 g/mol. The Morgan fingerprint density at radius 3 is 1.51 bits per heavy atom. The highest BCUT2D eigenvalue weighted by Gasteiger charge is 2.24. The van der Waals surface area contributed by atoms with Crippen molar-refractivity contribution in [2.75, 3.05) is 4.90 Å². The lowest BCUT2D eigenvalue weighted by Crippen LogP contribution is -2.10. The number of rotatable bonds is 3. The first-order valence-corrected chi connectivity index (χ1v) is 18.1. The number of hydrogen-bond acceptors (Lipinski definition) is 5. The average molecular weight is 654 g/mol. The molecule has 0 aliphatic heterocycles. The number of fused-ring (bicyclic) bond motifs is 13. The minimum absolute atomic E-state index is 0.909. The van der Waals surface area contributed by atoms with Crippen molar-refractivity contribution >= 4 is 134 Å². The molecule has 47 heavy (non-hydrogen) atoms. The second-order valence-corrected chi connectivity index (χ2v) is 15.3. The van der Waals surface area contributed by atoms with E-state index in [1.54, 1.807) is 0 Å². The fourth-order valence-electron chi connectivity index (χ4n) is 7.38. The summed E-state index contributed by atoms with van der Waals surface area (Å²) in [5.41, 5.74) is 5.26. The maximum Gasteiger partial charge on any atom is 0.146 e. The van der Waals surface area contributed by atoms with Crippen molar-refractivity contribution in [1.82, 2.24) is 0 Å². The quantitative estimate of drug-likeness (QED) is 0.189.